The van der Waals surface area contributed by atoms with Crippen LogP contribution in [0.1, 0.15) is 11.1 Å². The van der Waals surface area contributed by atoms with Crippen LogP contribution in [-0.4, -0.2) is 18.8 Å². The molecule has 2 rings (SSSR count). The van der Waals surface area contributed by atoms with Gasteiger partial charge in [0.1, 0.15) is 0 Å². The first-order chi connectivity index (χ1) is 7.54. The monoisotopic (exact) mass is 231 g/mol. The van der Waals surface area contributed by atoms with Crippen LogP contribution in [0.2, 0.25) is 0 Å². The van der Waals surface area contributed by atoms with Crippen LogP contribution in [-0.2, 0) is 17.7 Å². The molecule has 0 fully saturated rings. The van der Waals surface area contributed by atoms with Crippen LogP contribution in [0.5, 0.6) is 0 Å². The molecule has 0 unspecified atom stereocenters. The molecule has 88 valence electrons. The van der Waals surface area contributed by atoms with E-state index in [0.717, 1.165) is 0 Å². The Morgan fingerprint density at radius 2 is 1.75 bits per heavy atom. The van der Waals surface area contributed by atoms with Gasteiger partial charge in [-0.1, -0.05) is 24.3 Å². The molecule has 0 amide bonds. The molecule has 0 spiro atoms. The van der Waals surface area contributed by atoms with Gasteiger partial charge in [-0.2, -0.15) is 18.7 Å². The maximum Gasteiger partial charge on any atom is 0.413 e. The highest BCUT2D eigenvalue weighted by Gasteiger charge is 2.29. The Labute approximate surface area is 91.4 Å². The number of halogens is 3. The fraction of sp³-hybridized carbons (Fsp3) is 0.455. The second kappa shape index (κ2) is 4.43. The predicted molar refractivity (Wildman–Crippen MR) is 52.8 cm³/mol. The second-order valence-corrected chi connectivity index (χ2v) is 3.90. The van der Waals surface area contributed by atoms with Crippen LogP contribution in [0.4, 0.5) is 13.2 Å². The van der Waals surface area contributed by atoms with Crippen molar-refractivity contribution in [1.29, 1.82) is 0 Å². The third-order valence-electron chi connectivity index (χ3n) is 2.54. The summed E-state index contributed by atoms with van der Waals surface area (Å²) < 4.78 is 35.5. The number of hydroxylamine groups is 1. The normalized spacial score (nSPS) is 16.4. The predicted octanol–water partition coefficient (Wildman–Crippen LogP) is 2.24. The van der Waals surface area contributed by atoms with Gasteiger partial charge in [0, 0.05) is 6.04 Å². The summed E-state index contributed by atoms with van der Waals surface area (Å²) in [4.78, 5) is 4.44. The van der Waals surface area contributed by atoms with Gasteiger partial charge < -0.3 is 0 Å². The van der Waals surface area contributed by atoms with Gasteiger partial charge in [-0.3, -0.25) is 4.84 Å². The molecule has 1 aliphatic rings. The molecule has 1 aliphatic carbocycles. The lowest BCUT2D eigenvalue weighted by Gasteiger charge is -2.13. The van der Waals surface area contributed by atoms with Gasteiger partial charge in [-0.05, 0) is 24.0 Å². The Bertz CT molecular complexity index is 339. The van der Waals surface area contributed by atoms with E-state index in [1.807, 2.05) is 24.3 Å². The molecule has 0 aromatic heterocycles. The molecule has 5 heteroatoms. The Morgan fingerprint density at radius 1 is 1.19 bits per heavy atom. The van der Waals surface area contributed by atoms with Crippen molar-refractivity contribution < 1.29 is 18.0 Å². The summed E-state index contributed by atoms with van der Waals surface area (Å²) in [5, 5.41) is 0. The van der Waals surface area contributed by atoms with E-state index in [1.165, 1.54) is 11.1 Å². The number of fused-ring (bicyclic) bond motifs is 1. The zero-order chi connectivity index (χ0) is 11.6. The largest absolute Gasteiger partial charge is 0.413 e. The van der Waals surface area contributed by atoms with Gasteiger partial charge in [0.05, 0.1) is 0 Å². The highest BCUT2D eigenvalue weighted by molar-refractivity contribution is 5.33. The first-order valence-electron chi connectivity index (χ1n) is 5.05. The van der Waals surface area contributed by atoms with Crippen molar-refractivity contribution in [2.75, 3.05) is 6.61 Å². The minimum absolute atomic E-state index is 0.0558. The summed E-state index contributed by atoms with van der Waals surface area (Å²) in [6.45, 7) is -1.25. The van der Waals surface area contributed by atoms with Gasteiger partial charge in [-0.15, -0.1) is 0 Å². The van der Waals surface area contributed by atoms with Crippen LogP contribution >= 0.6 is 0 Å². The highest BCUT2D eigenvalue weighted by atomic mass is 19.4. The second-order valence-electron chi connectivity index (χ2n) is 3.90. The van der Waals surface area contributed by atoms with Crippen LogP contribution in [0.3, 0.4) is 0 Å². The summed E-state index contributed by atoms with van der Waals surface area (Å²) >= 11 is 0. The van der Waals surface area contributed by atoms with Crippen molar-refractivity contribution >= 4 is 0 Å². The number of benzene rings is 1. The quantitative estimate of drug-likeness (QED) is 0.805. The fourth-order valence-corrected chi connectivity index (χ4v) is 1.88. The third-order valence-corrected chi connectivity index (χ3v) is 2.54. The van der Waals surface area contributed by atoms with E-state index < -0.39 is 12.8 Å². The number of hydrogen-bond donors (Lipinski definition) is 1. The molecule has 1 aromatic carbocycles. The maximum atomic E-state index is 11.8. The molecule has 0 aliphatic heterocycles. The molecule has 16 heavy (non-hydrogen) atoms. The van der Waals surface area contributed by atoms with Crippen LogP contribution in [0.25, 0.3) is 0 Å². The van der Waals surface area contributed by atoms with Crippen molar-refractivity contribution in [2.24, 2.45) is 0 Å². The SMILES string of the molecule is FC(F)(F)CONC1Cc2ccccc2C1. The van der Waals surface area contributed by atoms with Crippen molar-refractivity contribution in [3.63, 3.8) is 0 Å². The molecule has 0 radical (unpaired) electrons. The summed E-state index contributed by atoms with van der Waals surface area (Å²) in [7, 11) is 0. The summed E-state index contributed by atoms with van der Waals surface area (Å²) in [6, 6.07) is 7.77. The zero-order valence-corrected chi connectivity index (χ0v) is 8.55. The van der Waals surface area contributed by atoms with Gasteiger partial charge in [-0.25, -0.2) is 0 Å². The van der Waals surface area contributed by atoms with Gasteiger partial charge in [0.15, 0.2) is 6.61 Å². The topological polar surface area (TPSA) is 21.3 Å². The van der Waals surface area contributed by atoms with Crippen LogP contribution in [0, 0.1) is 0 Å². The fourth-order valence-electron chi connectivity index (χ4n) is 1.88. The molecule has 1 N–H and O–H groups in total. The van der Waals surface area contributed by atoms with Gasteiger partial charge >= 0.3 is 6.18 Å². The lowest BCUT2D eigenvalue weighted by atomic mass is 10.1. The minimum atomic E-state index is -4.28. The Balaban J connectivity index is 1.79. The number of rotatable bonds is 3. The van der Waals surface area contributed by atoms with E-state index in [9.17, 15) is 13.2 Å². The molecular weight excluding hydrogens is 219 g/mol. The molecule has 0 saturated carbocycles. The summed E-state index contributed by atoms with van der Waals surface area (Å²) in [6.07, 6.45) is -2.85. The van der Waals surface area contributed by atoms with E-state index in [1.54, 1.807) is 0 Å². The molecule has 0 bridgehead atoms. The lowest BCUT2D eigenvalue weighted by Crippen LogP contribution is -2.33. The molecule has 0 heterocycles. The highest BCUT2D eigenvalue weighted by Crippen LogP contribution is 2.22. The van der Waals surface area contributed by atoms with E-state index in [4.69, 9.17) is 0 Å². The van der Waals surface area contributed by atoms with E-state index in [2.05, 4.69) is 10.3 Å². The first-order valence-corrected chi connectivity index (χ1v) is 5.05. The summed E-state index contributed by atoms with van der Waals surface area (Å²) in [5.41, 5.74) is 4.82. The van der Waals surface area contributed by atoms with Crippen molar-refractivity contribution in [3.05, 3.63) is 35.4 Å². The molecule has 1 aromatic rings. The molecule has 2 nitrogen and oxygen atoms in total. The zero-order valence-electron chi connectivity index (χ0n) is 8.55. The Morgan fingerprint density at radius 3 is 2.25 bits per heavy atom. The Hall–Kier alpha value is -1.07. The van der Waals surface area contributed by atoms with Crippen LogP contribution in [0.15, 0.2) is 24.3 Å². The van der Waals surface area contributed by atoms with E-state index >= 15 is 0 Å². The van der Waals surface area contributed by atoms with Gasteiger partial charge in [0.2, 0.25) is 0 Å². The standard InChI is InChI=1S/C11H12F3NO/c12-11(13,14)7-16-15-10-5-8-3-1-2-4-9(8)6-10/h1-4,10,15H,5-7H2. The Kier molecular flexibility index (Phi) is 3.16. The van der Waals surface area contributed by atoms with E-state index in [-0.39, 0.29) is 6.04 Å². The third kappa shape index (κ3) is 2.96. The van der Waals surface area contributed by atoms with Crippen molar-refractivity contribution in [2.45, 2.75) is 25.1 Å². The minimum Gasteiger partial charge on any atom is -0.292 e. The smallest absolute Gasteiger partial charge is 0.292 e. The first kappa shape index (κ1) is 11.4. The molecule has 0 atom stereocenters. The molecule has 0 saturated heterocycles. The van der Waals surface area contributed by atoms with Crippen LogP contribution < -0.4 is 5.48 Å². The van der Waals surface area contributed by atoms with Gasteiger partial charge in [0.25, 0.3) is 0 Å². The number of nitrogens with one attached hydrogen (secondary N) is 1. The number of hydrogen-bond acceptors (Lipinski definition) is 2. The molecular formula is C11H12F3NO. The van der Waals surface area contributed by atoms with Crippen molar-refractivity contribution in [3.8, 4) is 0 Å². The average molecular weight is 231 g/mol. The number of alkyl halides is 3. The van der Waals surface area contributed by atoms with E-state index in [0.29, 0.717) is 12.8 Å². The average Bonchev–Trinajstić information content (AvgIpc) is 2.57. The van der Waals surface area contributed by atoms with Crippen molar-refractivity contribution in [1.82, 2.24) is 5.48 Å². The maximum absolute atomic E-state index is 11.8. The summed E-state index contributed by atoms with van der Waals surface area (Å²) in [5.74, 6) is 0. The lowest BCUT2D eigenvalue weighted by molar-refractivity contribution is -0.192.